The first-order valence-corrected chi connectivity index (χ1v) is 6.98. The van der Waals surface area contributed by atoms with Crippen molar-refractivity contribution in [3.05, 3.63) is 22.1 Å². The molecule has 0 aliphatic carbocycles. The molecule has 0 atom stereocenters. The molecule has 6 nitrogen and oxygen atoms in total. The van der Waals surface area contributed by atoms with Gasteiger partial charge in [0.1, 0.15) is 0 Å². The number of hydrogen-bond donors (Lipinski definition) is 2. The maximum absolute atomic E-state index is 11.0. The predicted molar refractivity (Wildman–Crippen MR) is 60.7 cm³/mol. The minimum atomic E-state index is -3.63. The fourth-order valence-electron chi connectivity index (χ4n) is 1.15. The molecule has 0 radical (unpaired) electrons. The second-order valence-corrected chi connectivity index (χ2v) is 6.93. The minimum absolute atomic E-state index is 0.162. The standard InChI is InChI=1S/C8H13NO5S2/c1-8(2,3)6-5(13-7(10)14-6)4-9-16(11,12)15/h9H,4H2,1-3H3,(H,11,12,15). The fourth-order valence-corrected chi connectivity index (χ4v) is 1.66. The summed E-state index contributed by atoms with van der Waals surface area (Å²) in [5.74, 6) is -0.365. The quantitative estimate of drug-likeness (QED) is 0.624. The van der Waals surface area contributed by atoms with Crippen molar-refractivity contribution in [2.24, 2.45) is 0 Å². The lowest BCUT2D eigenvalue weighted by Gasteiger charge is -2.14. The molecule has 16 heavy (non-hydrogen) atoms. The van der Waals surface area contributed by atoms with Gasteiger partial charge in [-0.3, -0.25) is 0 Å². The predicted octanol–water partition coefficient (Wildman–Crippen LogP) is 0.794. The molecular weight excluding hydrogens is 254 g/mol. The Morgan fingerprint density at radius 3 is 2.31 bits per heavy atom. The van der Waals surface area contributed by atoms with Gasteiger partial charge in [-0.2, -0.15) is 4.72 Å². The van der Waals surface area contributed by atoms with Crippen LogP contribution in [0.3, 0.4) is 0 Å². The molecule has 0 aliphatic heterocycles. The lowest BCUT2D eigenvalue weighted by atomic mass is 9.92. The van der Waals surface area contributed by atoms with E-state index in [4.69, 9.17) is 8.83 Å². The highest BCUT2D eigenvalue weighted by Crippen LogP contribution is 2.25. The van der Waals surface area contributed by atoms with Crippen molar-refractivity contribution in [2.75, 3.05) is 0 Å². The van der Waals surface area contributed by atoms with E-state index >= 15 is 0 Å². The van der Waals surface area contributed by atoms with Gasteiger partial charge in [0.05, 0.1) is 6.54 Å². The summed E-state index contributed by atoms with van der Waals surface area (Å²) >= 11 is 3.31. The molecule has 0 amide bonds. The van der Waals surface area contributed by atoms with E-state index in [0.717, 1.165) is 0 Å². The first-order chi connectivity index (χ1) is 7.09. The number of hydrogen-bond acceptors (Lipinski definition) is 5. The van der Waals surface area contributed by atoms with Gasteiger partial charge in [0, 0.05) is 5.41 Å². The molecule has 8 heteroatoms. The Balaban J connectivity index is 3.01. The molecule has 1 rings (SSSR count). The van der Waals surface area contributed by atoms with Crippen molar-refractivity contribution >= 4 is 20.7 Å². The third kappa shape index (κ3) is 3.69. The molecule has 92 valence electrons. The van der Waals surface area contributed by atoms with E-state index in [0.29, 0.717) is 5.76 Å². The summed E-state index contributed by atoms with van der Waals surface area (Å²) in [5.41, 5.74) is -0.441. The van der Waals surface area contributed by atoms with Gasteiger partial charge in [0.2, 0.25) is 0 Å². The van der Waals surface area contributed by atoms with Crippen molar-refractivity contribution < 1.29 is 17.3 Å². The van der Waals surface area contributed by atoms with Crippen molar-refractivity contribution in [3.8, 4) is 0 Å². The summed E-state index contributed by atoms with van der Waals surface area (Å²) in [6.45, 7) is 5.29. The van der Waals surface area contributed by atoms with Gasteiger partial charge in [0.15, 0.2) is 11.5 Å². The van der Waals surface area contributed by atoms with Gasteiger partial charge in [-0.05, 0) is 11.7 Å². The summed E-state index contributed by atoms with van der Waals surface area (Å²) in [7, 11) is -3.63. The minimum Gasteiger partial charge on any atom is -0.395 e. The van der Waals surface area contributed by atoms with Gasteiger partial charge < -0.3 is 8.83 Å². The Morgan fingerprint density at radius 2 is 1.88 bits per heavy atom. The molecule has 0 bridgehead atoms. The fraction of sp³-hybridized carbons (Fsp3) is 0.625. The number of thiol groups is 1. The highest BCUT2D eigenvalue weighted by molar-refractivity contribution is 8.62. The zero-order valence-electron chi connectivity index (χ0n) is 9.10. The van der Waals surface area contributed by atoms with E-state index in [1.807, 2.05) is 20.8 Å². The Labute approximate surface area is 97.9 Å². The van der Waals surface area contributed by atoms with Crippen LogP contribution in [-0.4, -0.2) is 8.42 Å². The number of rotatable bonds is 3. The third-order valence-electron chi connectivity index (χ3n) is 1.74. The molecular formula is C8H13NO5S2. The van der Waals surface area contributed by atoms with E-state index in [-0.39, 0.29) is 12.3 Å². The van der Waals surface area contributed by atoms with Crippen molar-refractivity contribution in [1.29, 1.82) is 0 Å². The lowest BCUT2D eigenvalue weighted by molar-refractivity contribution is 0.343. The molecule has 1 heterocycles. The van der Waals surface area contributed by atoms with Crippen molar-refractivity contribution in [3.63, 3.8) is 0 Å². The van der Waals surface area contributed by atoms with Gasteiger partial charge in [-0.25, -0.2) is 13.2 Å². The molecule has 0 aliphatic rings. The molecule has 1 aromatic heterocycles. The van der Waals surface area contributed by atoms with Crippen LogP contribution in [0, 0.1) is 0 Å². The second kappa shape index (κ2) is 4.27. The van der Waals surface area contributed by atoms with Crippen LogP contribution >= 0.6 is 11.7 Å². The topological polar surface area (TPSA) is 89.5 Å². The largest absolute Gasteiger partial charge is 0.519 e. The van der Waals surface area contributed by atoms with Crippen LogP contribution in [0.4, 0.5) is 0 Å². The van der Waals surface area contributed by atoms with Crippen LogP contribution in [0.25, 0.3) is 0 Å². The molecule has 0 spiro atoms. The van der Waals surface area contributed by atoms with Crippen molar-refractivity contribution in [1.82, 2.24) is 4.72 Å². The van der Waals surface area contributed by atoms with Crippen molar-refractivity contribution in [2.45, 2.75) is 32.7 Å². The van der Waals surface area contributed by atoms with E-state index in [1.54, 1.807) is 0 Å². The third-order valence-corrected chi connectivity index (χ3v) is 2.64. The summed E-state index contributed by atoms with van der Waals surface area (Å²) in [5, 5.41) is 0. The summed E-state index contributed by atoms with van der Waals surface area (Å²) in [6, 6.07) is 0. The van der Waals surface area contributed by atoms with Crippen LogP contribution in [0.5, 0.6) is 0 Å². The number of nitrogens with one attached hydrogen (secondary N) is 1. The lowest BCUT2D eigenvalue weighted by Crippen LogP contribution is -2.20. The Kier molecular flexibility index (Phi) is 3.56. The first kappa shape index (κ1) is 13.3. The van der Waals surface area contributed by atoms with Crippen LogP contribution in [0.2, 0.25) is 0 Å². The van der Waals surface area contributed by atoms with Crippen LogP contribution < -0.4 is 10.5 Å². The molecule has 0 saturated carbocycles. The summed E-state index contributed by atoms with van der Waals surface area (Å²) in [4.78, 5) is 11.0. The molecule has 1 N–H and O–H groups in total. The monoisotopic (exact) mass is 267 g/mol. The Bertz CT molecular complexity index is 519. The first-order valence-electron chi connectivity index (χ1n) is 4.45. The van der Waals surface area contributed by atoms with Gasteiger partial charge in [-0.1, -0.05) is 20.8 Å². The SMILES string of the molecule is CC(C)(C)c1oc(=O)oc1CNS(=O)(=O)S. The maximum Gasteiger partial charge on any atom is 0.519 e. The van der Waals surface area contributed by atoms with E-state index in [9.17, 15) is 13.2 Å². The average Bonchev–Trinajstić information content (AvgIpc) is 2.41. The molecule has 0 saturated heterocycles. The molecule has 0 fully saturated rings. The van der Waals surface area contributed by atoms with Crippen LogP contribution in [0.15, 0.2) is 13.6 Å². The van der Waals surface area contributed by atoms with Gasteiger partial charge in [-0.15, -0.1) is 0 Å². The molecule has 0 unspecified atom stereocenters. The normalized spacial score (nSPS) is 13.0. The van der Waals surface area contributed by atoms with E-state index in [1.165, 1.54) is 0 Å². The smallest absolute Gasteiger partial charge is 0.395 e. The van der Waals surface area contributed by atoms with Crippen LogP contribution in [0.1, 0.15) is 32.3 Å². The highest BCUT2D eigenvalue weighted by Gasteiger charge is 2.26. The zero-order valence-corrected chi connectivity index (χ0v) is 10.8. The average molecular weight is 267 g/mol. The summed E-state index contributed by atoms with van der Waals surface area (Å²) in [6.07, 6.45) is 0. The maximum atomic E-state index is 11.0. The van der Waals surface area contributed by atoms with E-state index < -0.39 is 20.3 Å². The summed E-state index contributed by atoms with van der Waals surface area (Å²) < 4.78 is 33.3. The second-order valence-electron chi connectivity index (χ2n) is 4.25. The Morgan fingerprint density at radius 1 is 1.31 bits per heavy atom. The van der Waals surface area contributed by atoms with Crippen LogP contribution in [-0.2, 0) is 21.0 Å². The van der Waals surface area contributed by atoms with Gasteiger partial charge in [0.25, 0.3) is 9.06 Å². The molecule has 1 aromatic rings. The molecule has 0 aromatic carbocycles. The van der Waals surface area contributed by atoms with E-state index in [2.05, 4.69) is 16.4 Å². The van der Waals surface area contributed by atoms with Gasteiger partial charge >= 0.3 is 5.82 Å². The highest BCUT2D eigenvalue weighted by atomic mass is 33.1. The zero-order chi connectivity index (χ0) is 12.6. The Hall–Kier alpha value is -0.730.